The van der Waals surface area contributed by atoms with Crippen LogP contribution in [0.3, 0.4) is 0 Å². The summed E-state index contributed by atoms with van der Waals surface area (Å²) in [6, 6.07) is -1.29. The lowest BCUT2D eigenvalue weighted by atomic mass is 10.1. The summed E-state index contributed by atoms with van der Waals surface area (Å²) in [4.78, 5) is 21.5. The molecule has 2 fully saturated rings. The third-order valence-corrected chi connectivity index (χ3v) is 2.34. The molecule has 2 aliphatic rings. The molecule has 0 radical (unpaired) electrons. The molecule has 12 heavy (non-hydrogen) atoms. The maximum atomic E-state index is 10.8. The molecule has 1 saturated heterocycles. The zero-order chi connectivity index (χ0) is 8.72. The van der Waals surface area contributed by atoms with Gasteiger partial charge in [-0.25, -0.2) is 9.59 Å². The summed E-state index contributed by atoms with van der Waals surface area (Å²) in [5.41, 5.74) is 0. The first-order valence-corrected chi connectivity index (χ1v) is 3.98. The molecule has 2 amide bonds. The Kier molecular flexibility index (Phi) is 1.46. The van der Waals surface area contributed by atoms with Crippen LogP contribution in [0.4, 0.5) is 4.79 Å². The standard InChI is InChI=1S/C7H10N2O3/c10-6(11)5-4(3-1-2-3)8-7(12)9-5/h3-5H,1-2H2,(H,10,11)(H2,8,9,12). The average molecular weight is 170 g/mol. The van der Waals surface area contributed by atoms with Gasteiger partial charge in [0.25, 0.3) is 0 Å². The van der Waals surface area contributed by atoms with Crippen LogP contribution >= 0.6 is 0 Å². The van der Waals surface area contributed by atoms with Gasteiger partial charge in [0.15, 0.2) is 0 Å². The van der Waals surface area contributed by atoms with E-state index in [1.54, 1.807) is 0 Å². The summed E-state index contributed by atoms with van der Waals surface area (Å²) in [6.07, 6.45) is 2.05. The van der Waals surface area contributed by atoms with Crippen LogP contribution in [0.5, 0.6) is 0 Å². The second kappa shape index (κ2) is 2.36. The Morgan fingerprint density at radius 2 is 2.08 bits per heavy atom. The quantitative estimate of drug-likeness (QED) is 0.524. The van der Waals surface area contributed by atoms with Crippen LogP contribution < -0.4 is 10.6 Å². The first-order valence-electron chi connectivity index (χ1n) is 3.98. The second-order valence-electron chi connectivity index (χ2n) is 3.30. The lowest BCUT2D eigenvalue weighted by molar-refractivity contribution is -0.139. The van der Waals surface area contributed by atoms with Gasteiger partial charge in [-0.15, -0.1) is 0 Å². The van der Waals surface area contributed by atoms with E-state index in [2.05, 4.69) is 10.6 Å². The number of urea groups is 1. The lowest BCUT2D eigenvalue weighted by Gasteiger charge is -2.12. The summed E-state index contributed by atoms with van der Waals surface area (Å²) in [6.45, 7) is 0. The van der Waals surface area contributed by atoms with Gasteiger partial charge in [-0.3, -0.25) is 0 Å². The number of hydrogen-bond acceptors (Lipinski definition) is 2. The van der Waals surface area contributed by atoms with E-state index < -0.39 is 12.0 Å². The largest absolute Gasteiger partial charge is 0.480 e. The van der Waals surface area contributed by atoms with Gasteiger partial charge < -0.3 is 15.7 Å². The fourth-order valence-corrected chi connectivity index (χ4v) is 1.57. The van der Waals surface area contributed by atoms with Crippen molar-refractivity contribution in [3.05, 3.63) is 0 Å². The van der Waals surface area contributed by atoms with Crippen LogP contribution in [-0.2, 0) is 4.79 Å². The van der Waals surface area contributed by atoms with Crippen molar-refractivity contribution >= 4 is 12.0 Å². The van der Waals surface area contributed by atoms with E-state index in [-0.39, 0.29) is 12.1 Å². The van der Waals surface area contributed by atoms with E-state index in [0.29, 0.717) is 5.92 Å². The van der Waals surface area contributed by atoms with Crippen LogP contribution in [0, 0.1) is 5.92 Å². The molecule has 66 valence electrons. The minimum absolute atomic E-state index is 0.199. The number of carbonyl (C=O) groups is 2. The summed E-state index contributed by atoms with van der Waals surface area (Å²) in [7, 11) is 0. The Morgan fingerprint density at radius 1 is 1.42 bits per heavy atom. The average Bonchev–Trinajstić information content (AvgIpc) is 2.75. The molecule has 5 nitrogen and oxygen atoms in total. The molecular weight excluding hydrogens is 160 g/mol. The molecule has 5 heteroatoms. The topological polar surface area (TPSA) is 78.4 Å². The van der Waals surface area contributed by atoms with Crippen molar-refractivity contribution < 1.29 is 14.7 Å². The van der Waals surface area contributed by atoms with Crippen molar-refractivity contribution in [2.24, 2.45) is 5.92 Å². The highest BCUT2D eigenvalue weighted by Crippen LogP contribution is 2.35. The van der Waals surface area contributed by atoms with Crippen LogP contribution in [0.2, 0.25) is 0 Å². The van der Waals surface area contributed by atoms with Crippen LogP contribution in [0.1, 0.15) is 12.8 Å². The van der Waals surface area contributed by atoms with E-state index in [4.69, 9.17) is 5.11 Å². The van der Waals surface area contributed by atoms with E-state index in [1.165, 1.54) is 0 Å². The van der Waals surface area contributed by atoms with Gasteiger partial charge in [0.05, 0.1) is 6.04 Å². The van der Waals surface area contributed by atoms with Crippen LogP contribution in [0.25, 0.3) is 0 Å². The Labute approximate surface area is 69.1 Å². The first kappa shape index (κ1) is 7.39. The zero-order valence-corrected chi connectivity index (χ0v) is 6.41. The molecule has 1 saturated carbocycles. The van der Waals surface area contributed by atoms with Gasteiger partial charge in [-0.1, -0.05) is 0 Å². The molecule has 3 N–H and O–H groups in total. The molecule has 1 aliphatic carbocycles. The van der Waals surface area contributed by atoms with Crippen molar-refractivity contribution in [1.82, 2.24) is 10.6 Å². The van der Waals surface area contributed by atoms with Gasteiger partial charge in [-0.05, 0) is 18.8 Å². The molecule has 2 atom stereocenters. The predicted molar refractivity (Wildman–Crippen MR) is 39.6 cm³/mol. The minimum Gasteiger partial charge on any atom is -0.480 e. The Morgan fingerprint density at radius 3 is 2.58 bits per heavy atom. The highest BCUT2D eigenvalue weighted by molar-refractivity contribution is 5.87. The predicted octanol–water partition coefficient (Wildman–Crippen LogP) is -0.469. The Balaban J connectivity index is 2.09. The highest BCUT2D eigenvalue weighted by atomic mass is 16.4. The summed E-state index contributed by atoms with van der Waals surface area (Å²) in [5.74, 6) is -0.588. The highest BCUT2D eigenvalue weighted by Gasteiger charge is 2.45. The molecule has 2 unspecified atom stereocenters. The maximum Gasteiger partial charge on any atom is 0.328 e. The fourth-order valence-electron chi connectivity index (χ4n) is 1.57. The van der Waals surface area contributed by atoms with Crippen LogP contribution in [-0.4, -0.2) is 29.2 Å². The van der Waals surface area contributed by atoms with E-state index >= 15 is 0 Å². The Bertz CT molecular complexity index is 237. The third-order valence-electron chi connectivity index (χ3n) is 2.34. The molecule has 0 bridgehead atoms. The molecule has 2 rings (SSSR count). The molecule has 0 aromatic carbocycles. The summed E-state index contributed by atoms with van der Waals surface area (Å²) < 4.78 is 0. The van der Waals surface area contributed by atoms with Gasteiger partial charge in [0.2, 0.25) is 0 Å². The number of carboxylic acid groups (broad SMARTS) is 1. The van der Waals surface area contributed by atoms with Gasteiger partial charge in [0, 0.05) is 0 Å². The van der Waals surface area contributed by atoms with Crippen LogP contribution in [0.15, 0.2) is 0 Å². The van der Waals surface area contributed by atoms with Crippen molar-refractivity contribution in [2.45, 2.75) is 24.9 Å². The first-order chi connectivity index (χ1) is 5.68. The monoisotopic (exact) mass is 170 g/mol. The maximum absolute atomic E-state index is 10.8. The summed E-state index contributed by atoms with van der Waals surface area (Å²) >= 11 is 0. The van der Waals surface area contributed by atoms with E-state index in [1.807, 2.05) is 0 Å². The van der Waals surface area contributed by atoms with Crippen molar-refractivity contribution in [3.63, 3.8) is 0 Å². The fraction of sp³-hybridized carbons (Fsp3) is 0.714. The SMILES string of the molecule is O=C1NC(C(=O)O)C(C2CC2)N1. The van der Waals surface area contributed by atoms with E-state index in [0.717, 1.165) is 12.8 Å². The zero-order valence-electron chi connectivity index (χ0n) is 6.41. The normalized spacial score (nSPS) is 34.2. The number of aliphatic carboxylic acids is 1. The van der Waals surface area contributed by atoms with E-state index in [9.17, 15) is 9.59 Å². The smallest absolute Gasteiger partial charge is 0.328 e. The van der Waals surface area contributed by atoms with Gasteiger partial charge in [-0.2, -0.15) is 0 Å². The number of nitrogens with one attached hydrogen (secondary N) is 2. The molecule has 1 aliphatic heterocycles. The number of carbonyl (C=O) groups excluding carboxylic acids is 1. The third kappa shape index (κ3) is 1.11. The molecular formula is C7H10N2O3. The second-order valence-corrected chi connectivity index (χ2v) is 3.30. The summed E-state index contributed by atoms with van der Waals surface area (Å²) in [5, 5.41) is 13.7. The lowest BCUT2D eigenvalue weighted by Crippen LogP contribution is -2.41. The van der Waals surface area contributed by atoms with Crippen molar-refractivity contribution in [2.75, 3.05) is 0 Å². The van der Waals surface area contributed by atoms with Gasteiger partial charge in [0.1, 0.15) is 6.04 Å². The van der Waals surface area contributed by atoms with Gasteiger partial charge >= 0.3 is 12.0 Å². The molecule has 0 spiro atoms. The molecule has 0 aromatic rings. The Hall–Kier alpha value is -1.26. The molecule has 1 heterocycles. The van der Waals surface area contributed by atoms with Crippen molar-refractivity contribution in [3.8, 4) is 0 Å². The number of carboxylic acids is 1. The van der Waals surface area contributed by atoms with Crippen molar-refractivity contribution in [1.29, 1.82) is 0 Å². The number of hydrogen-bond donors (Lipinski definition) is 3. The number of rotatable bonds is 2. The molecule has 0 aromatic heterocycles. The minimum atomic E-state index is -0.953. The number of amides is 2.